The molecule has 2 amide bonds. The number of amides is 2. The molecule has 2 aromatic rings. The lowest BCUT2D eigenvalue weighted by molar-refractivity contribution is 0.0926. The first-order chi connectivity index (χ1) is 9.50. The van der Waals surface area contributed by atoms with Crippen molar-refractivity contribution in [3.8, 4) is 0 Å². The number of carbonyl (C=O) groups is 2. The Kier molecular flexibility index (Phi) is 2.90. The largest absolute Gasteiger partial charge is 0.268 e. The number of hydrogen-bond donors (Lipinski definition) is 0. The number of benzene rings is 2. The number of para-hydroxylation sites is 1. The van der Waals surface area contributed by atoms with Gasteiger partial charge in [0, 0.05) is 4.47 Å². The van der Waals surface area contributed by atoms with Gasteiger partial charge < -0.3 is 0 Å². The Bertz CT molecular complexity index is 720. The summed E-state index contributed by atoms with van der Waals surface area (Å²) in [6.45, 7) is 0. The predicted octanol–water partition coefficient (Wildman–Crippen LogP) is 3.53. The lowest BCUT2D eigenvalue weighted by Crippen LogP contribution is -2.29. The van der Waals surface area contributed by atoms with E-state index in [9.17, 15) is 18.4 Å². The zero-order valence-corrected chi connectivity index (χ0v) is 11.4. The average Bonchev–Trinajstić information content (AvgIpc) is 2.64. The molecule has 100 valence electrons. The maximum absolute atomic E-state index is 13.2. The van der Waals surface area contributed by atoms with Gasteiger partial charge in [-0.25, -0.2) is 13.7 Å². The minimum Gasteiger partial charge on any atom is -0.268 e. The Balaban J connectivity index is 2.17. The quantitative estimate of drug-likeness (QED) is 0.746. The molecule has 1 heterocycles. The highest BCUT2D eigenvalue weighted by Gasteiger charge is 2.38. The van der Waals surface area contributed by atoms with Gasteiger partial charge in [0.25, 0.3) is 11.8 Å². The number of nitrogens with zero attached hydrogens (tertiary/aromatic N) is 1. The molecule has 0 aromatic heterocycles. The van der Waals surface area contributed by atoms with Crippen LogP contribution >= 0.6 is 15.9 Å². The van der Waals surface area contributed by atoms with Gasteiger partial charge >= 0.3 is 0 Å². The Hall–Kier alpha value is -2.08. The fraction of sp³-hybridized carbons (Fsp3) is 0. The Labute approximate surface area is 120 Å². The summed E-state index contributed by atoms with van der Waals surface area (Å²) in [5, 5.41) is 0. The normalized spacial score (nSPS) is 13.8. The summed E-state index contributed by atoms with van der Waals surface area (Å²) in [7, 11) is 0. The van der Waals surface area contributed by atoms with E-state index in [0.717, 1.165) is 17.0 Å². The maximum Gasteiger partial charge on any atom is 0.266 e. The zero-order chi connectivity index (χ0) is 14.4. The van der Waals surface area contributed by atoms with Gasteiger partial charge in [-0.1, -0.05) is 12.1 Å². The van der Waals surface area contributed by atoms with Crippen LogP contribution in [0.25, 0.3) is 0 Å². The summed E-state index contributed by atoms with van der Waals surface area (Å²) in [6, 6.07) is 8.12. The van der Waals surface area contributed by atoms with Crippen LogP contribution in [-0.2, 0) is 0 Å². The molecule has 0 atom stereocenters. The molecule has 1 aliphatic rings. The highest BCUT2D eigenvalue weighted by Crippen LogP contribution is 2.33. The van der Waals surface area contributed by atoms with Crippen LogP contribution in [0.2, 0.25) is 0 Å². The number of fused-ring (bicyclic) bond motifs is 1. The minimum atomic E-state index is -1.15. The molecule has 0 N–H and O–H groups in total. The molecule has 0 saturated carbocycles. The number of imide groups is 1. The molecule has 0 radical (unpaired) electrons. The third-order valence-corrected chi connectivity index (χ3v) is 3.69. The van der Waals surface area contributed by atoms with Crippen molar-refractivity contribution in [3.05, 3.63) is 63.6 Å². The van der Waals surface area contributed by atoms with E-state index in [1.54, 1.807) is 24.3 Å². The first kappa shape index (κ1) is 12.9. The summed E-state index contributed by atoms with van der Waals surface area (Å²) in [5.74, 6) is -3.65. The van der Waals surface area contributed by atoms with Crippen LogP contribution in [0.3, 0.4) is 0 Å². The fourth-order valence-electron chi connectivity index (χ4n) is 2.09. The van der Waals surface area contributed by atoms with Crippen LogP contribution in [0.4, 0.5) is 14.5 Å². The molecule has 20 heavy (non-hydrogen) atoms. The van der Waals surface area contributed by atoms with Gasteiger partial charge in [-0.15, -0.1) is 0 Å². The van der Waals surface area contributed by atoms with Crippen molar-refractivity contribution in [2.45, 2.75) is 0 Å². The van der Waals surface area contributed by atoms with Crippen LogP contribution in [0, 0.1) is 11.6 Å². The molecule has 6 heteroatoms. The topological polar surface area (TPSA) is 37.4 Å². The number of rotatable bonds is 1. The van der Waals surface area contributed by atoms with Crippen molar-refractivity contribution in [1.29, 1.82) is 0 Å². The molecule has 3 nitrogen and oxygen atoms in total. The molecule has 0 bridgehead atoms. The maximum atomic E-state index is 13.2. The molecule has 0 spiro atoms. The molecule has 0 fully saturated rings. The van der Waals surface area contributed by atoms with E-state index in [4.69, 9.17) is 0 Å². The van der Waals surface area contributed by atoms with Crippen LogP contribution in [0.5, 0.6) is 0 Å². The van der Waals surface area contributed by atoms with Crippen LogP contribution < -0.4 is 4.90 Å². The first-order valence-corrected chi connectivity index (χ1v) is 6.42. The second-order valence-corrected chi connectivity index (χ2v) is 5.06. The highest BCUT2D eigenvalue weighted by atomic mass is 79.9. The Morgan fingerprint density at radius 1 is 0.900 bits per heavy atom. The van der Waals surface area contributed by atoms with Gasteiger partial charge in [0.2, 0.25) is 0 Å². The first-order valence-electron chi connectivity index (χ1n) is 5.63. The summed E-state index contributed by atoms with van der Waals surface area (Å²) < 4.78 is 27.0. The molecule has 0 unspecified atom stereocenters. The lowest BCUT2D eigenvalue weighted by Gasteiger charge is -2.15. The second-order valence-electron chi connectivity index (χ2n) is 4.21. The summed E-state index contributed by atoms with van der Waals surface area (Å²) in [4.78, 5) is 25.3. The molecular formula is C14H6BrF2NO2. The van der Waals surface area contributed by atoms with Gasteiger partial charge in [-0.05, 0) is 40.2 Å². The molecule has 3 rings (SSSR count). The van der Waals surface area contributed by atoms with Gasteiger partial charge in [0.1, 0.15) is 0 Å². The fourth-order valence-corrected chi connectivity index (χ4v) is 2.55. The van der Waals surface area contributed by atoms with Crippen molar-refractivity contribution in [1.82, 2.24) is 0 Å². The monoisotopic (exact) mass is 337 g/mol. The van der Waals surface area contributed by atoms with Gasteiger partial charge in [0.15, 0.2) is 11.6 Å². The molecular weight excluding hydrogens is 332 g/mol. The summed E-state index contributed by atoms with van der Waals surface area (Å²) in [6.07, 6.45) is 0. The van der Waals surface area contributed by atoms with E-state index in [2.05, 4.69) is 15.9 Å². The zero-order valence-electron chi connectivity index (χ0n) is 9.86. The number of carbonyl (C=O) groups excluding carboxylic acids is 2. The number of hydrogen-bond acceptors (Lipinski definition) is 2. The lowest BCUT2D eigenvalue weighted by atomic mass is 10.1. The highest BCUT2D eigenvalue weighted by molar-refractivity contribution is 9.10. The number of anilines is 1. The van der Waals surface area contributed by atoms with E-state index in [-0.39, 0.29) is 11.1 Å². The van der Waals surface area contributed by atoms with Crippen LogP contribution in [0.1, 0.15) is 20.7 Å². The minimum absolute atomic E-state index is 0.135. The molecule has 2 aromatic carbocycles. The standard InChI is InChI=1S/C14H6BrF2NO2/c15-9-3-1-2-4-12(9)18-13(19)7-5-10(16)11(17)6-8(7)14(18)20/h1-6H. The van der Waals surface area contributed by atoms with Crippen molar-refractivity contribution in [3.63, 3.8) is 0 Å². The van der Waals surface area contributed by atoms with Gasteiger partial charge in [0.05, 0.1) is 16.8 Å². The smallest absolute Gasteiger partial charge is 0.266 e. The SMILES string of the molecule is O=C1c2cc(F)c(F)cc2C(=O)N1c1ccccc1Br. The van der Waals surface area contributed by atoms with Crippen molar-refractivity contribution in [2.75, 3.05) is 4.90 Å². The third-order valence-electron chi connectivity index (χ3n) is 3.02. The van der Waals surface area contributed by atoms with E-state index < -0.39 is 23.4 Å². The average molecular weight is 338 g/mol. The van der Waals surface area contributed by atoms with E-state index >= 15 is 0 Å². The number of halogens is 3. The second kappa shape index (κ2) is 4.49. The molecule has 1 aliphatic heterocycles. The van der Waals surface area contributed by atoms with Crippen LogP contribution in [-0.4, -0.2) is 11.8 Å². The van der Waals surface area contributed by atoms with Crippen molar-refractivity contribution >= 4 is 33.4 Å². The van der Waals surface area contributed by atoms with Crippen LogP contribution in [0.15, 0.2) is 40.9 Å². The summed E-state index contributed by atoms with van der Waals surface area (Å²) in [5.41, 5.74) is 0.0637. The van der Waals surface area contributed by atoms with E-state index in [1.807, 2.05) is 0 Å². The predicted molar refractivity (Wildman–Crippen MR) is 71.6 cm³/mol. The Morgan fingerprint density at radius 3 is 1.90 bits per heavy atom. The van der Waals surface area contributed by atoms with Gasteiger partial charge in [-0.2, -0.15) is 0 Å². The van der Waals surface area contributed by atoms with E-state index in [1.165, 1.54) is 0 Å². The summed E-state index contributed by atoms with van der Waals surface area (Å²) >= 11 is 3.24. The van der Waals surface area contributed by atoms with Gasteiger partial charge in [-0.3, -0.25) is 9.59 Å². The molecule has 0 aliphatic carbocycles. The Morgan fingerprint density at radius 2 is 1.40 bits per heavy atom. The van der Waals surface area contributed by atoms with Crippen molar-refractivity contribution < 1.29 is 18.4 Å². The third kappa shape index (κ3) is 1.76. The van der Waals surface area contributed by atoms with Crippen molar-refractivity contribution in [2.24, 2.45) is 0 Å². The molecule has 0 saturated heterocycles. The van der Waals surface area contributed by atoms with E-state index in [0.29, 0.717) is 10.2 Å².